The van der Waals surface area contributed by atoms with Crippen LogP contribution in [0.15, 0.2) is 48.6 Å². The molecule has 41 heavy (non-hydrogen) atoms. The zero-order valence-corrected chi connectivity index (χ0v) is 25.1. The van der Waals surface area contributed by atoms with Crippen LogP contribution in [0, 0.1) is 11.8 Å². The largest absolute Gasteiger partial charge is 0.490 e. The van der Waals surface area contributed by atoms with Gasteiger partial charge in [-0.2, -0.15) is 0 Å². The quantitative estimate of drug-likeness (QED) is 0.412. The molecule has 9 heteroatoms. The number of nitrogens with zero attached hydrogens (tertiary/aromatic N) is 1. The highest BCUT2D eigenvalue weighted by Crippen LogP contribution is 2.46. The summed E-state index contributed by atoms with van der Waals surface area (Å²) >= 11 is 6.38. The van der Waals surface area contributed by atoms with Crippen molar-refractivity contribution >= 4 is 33.2 Å². The lowest BCUT2D eigenvalue weighted by Crippen LogP contribution is -2.49. The van der Waals surface area contributed by atoms with Crippen molar-refractivity contribution in [1.82, 2.24) is 4.72 Å². The number of carbonyl (C=O) groups is 1. The highest BCUT2D eigenvalue weighted by atomic mass is 35.5. The van der Waals surface area contributed by atoms with Crippen LogP contribution in [-0.2, 0) is 21.9 Å². The first kappa shape index (κ1) is 28.6. The van der Waals surface area contributed by atoms with Crippen molar-refractivity contribution in [1.29, 1.82) is 0 Å². The van der Waals surface area contributed by atoms with E-state index in [9.17, 15) is 18.3 Å². The molecule has 0 unspecified atom stereocenters. The van der Waals surface area contributed by atoms with Gasteiger partial charge in [0.2, 0.25) is 10.0 Å². The Bertz CT molecular complexity index is 1470. The van der Waals surface area contributed by atoms with Crippen LogP contribution < -0.4 is 14.4 Å². The maximum absolute atomic E-state index is 13.3. The van der Waals surface area contributed by atoms with E-state index in [1.165, 1.54) is 11.1 Å². The van der Waals surface area contributed by atoms with Crippen molar-refractivity contribution in [3.63, 3.8) is 0 Å². The van der Waals surface area contributed by atoms with Crippen molar-refractivity contribution in [2.75, 3.05) is 24.6 Å². The first-order valence-corrected chi connectivity index (χ1v) is 16.8. The normalized spacial score (nSPS) is 32.0. The zero-order chi connectivity index (χ0) is 28.8. The van der Waals surface area contributed by atoms with Gasteiger partial charge in [0.05, 0.1) is 23.6 Å². The average molecular weight is 601 g/mol. The van der Waals surface area contributed by atoms with Crippen LogP contribution in [-0.4, -0.2) is 50.5 Å². The highest BCUT2D eigenvalue weighted by Gasteiger charge is 2.44. The number of hydrogen-bond donors (Lipinski definition) is 2. The molecule has 7 nitrogen and oxygen atoms in total. The van der Waals surface area contributed by atoms with E-state index in [4.69, 9.17) is 16.3 Å². The lowest BCUT2D eigenvalue weighted by molar-refractivity contribution is 0.0177. The van der Waals surface area contributed by atoms with Gasteiger partial charge in [-0.05, 0) is 105 Å². The molecular weight excluding hydrogens is 560 g/mol. The number of aliphatic hydroxyl groups excluding tert-OH is 1. The van der Waals surface area contributed by atoms with Crippen LogP contribution in [0.25, 0.3) is 0 Å². The summed E-state index contributed by atoms with van der Waals surface area (Å²) in [6.07, 6.45) is 9.39. The van der Waals surface area contributed by atoms with E-state index in [0.29, 0.717) is 44.1 Å². The van der Waals surface area contributed by atoms with Gasteiger partial charge >= 0.3 is 0 Å². The third kappa shape index (κ3) is 5.51. The van der Waals surface area contributed by atoms with Crippen molar-refractivity contribution < 1.29 is 24.5 Å². The first-order chi connectivity index (χ1) is 19.7. The molecule has 2 aromatic carbocycles. The van der Waals surface area contributed by atoms with Gasteiger partial charge in [-0.1, -0.05) is 36.7 Å². The lowest BCUT2D eigenvalue weighted by atomic mass is 9.68. The molecule has 2 heterocycles. The number of amides is 1. The number of anilines is 1. The van der Waals surface area contributed by atoms with Gasteiger partial charge in [-0.15, -0.1) is 0 Å². The Labute approximate surface area is 249 Å². The molecule has 4 aliphatic rings. The molecule has 2 aliphatic carbocycles. The summed E-state index contributed by atoms with van der Waals surface area (Å²) in [7, 11) is -3.89. The molecule has 2 N–H and O–H groups in total. The summed E-state index contributed by atoms with van der Waals surface area (Å²) in [5, 5.41) is 11.1. The lowest BCUT2D eigenvalue weighted by Gasteiger charge is -2.45. The van der Waals surface area contributed by atoms with Crippen molar-refractivity contribution in [2.24, 2.45) is 11.8 Å². The molecule has 5 atom stereocenters. The molecule has 1 saturated carbocycles. The minimum absolute atomic E-state index is 0. The minimum atomic E-state index is -3.89. The van der Waals surface area contributed by atoms with Gasteiger partial charge in [-0.25, -0.2) is 13.1 Å². The summed E-state index contributed by atoms with van der Waals surface area (Å²) in [5.74, 6) is 0.541. The molecule has 0 radical (unpaired) electrons. The number of benzene rings is 2. The van der Waals surface area contributed by atoms with Crippen molar-refractivity contribution in [3.05, 3.63) is 70.3 Å². The maximum Gasteiger partial charge on any atom is 0.264 e. The molecule has 2 aromatic rings. The molecule has 2 bridgehead atoms. The Morgan fingerprint density at radius 2 is 2.00 bits per heavy atom. The van der Waals surface area contributed by atoms with Crippen LogP contribution in [0.3, 0.4) is 0 Å². The fraction of sp³-hybridized carbons (Fsp3) is 0.531. The number of fused-ring (bicyclic) bond motifs is 4. The summed E-state index contributed by atoms with van der Waals surface area (Å²) in [5.41, 5.74) is 3.35. The van der Waals surface area contributed by atoms with Crippen molar-refractivity contribution in [2.45, 2.75) is 75.1 Å². The van der Waals surface area contributed by atoms with Crippen LogP contribution in [0.1, 0.15) is 74.8 Å². The Morgan fingerprint density at radius 1 is 1.17 bits per heavy atom. The van der Waals surface area contributed by atoms with E-state index in [1.54, 1.807) is 25.1 Å². The number of sulfonamides is 1. The fourth-order valence-corrected chi connectivity index (χ4v) is 8.85. The van der Waals surface area contributed by atoms with Crippen LogP contribution >= 0.6 is 11.6 Å². The predicted octanol–water partition coefficient (Wildman–Crippen LogP) is 5.63. The standard InChI is InChI=1S/C32H39ClN2O5S.H2/c1-2-25-7-3-4-8-29(36)26-12-9-23(26)18-35-19-32(15-5-6-21-16-24(33)11-13-27(21)32)20-40-30-14-10-22(17-28(30)35)31(37)34-41(25,38)39;/h3-4,10-11,13-14,16-17,23,25-26,29,36H,2,5-9,12,15,18-20H2,1H3,(H,34,37);1H/b4-3+;/t23-,25-,26+,29-,32-;/m0./s1. The first-order valence-electron chi connectivity index (χ1n) is 14.9. The van der Waals surface area contributed by atoms with Gasteiger partial charge in [0.25, 0.3) is 5.91 Å². The molecular formula is C32H41ClN2O5S. The maximum atomic E-state index is 13.3. The smallest absolute Gasteiger partial charge is 0.264 e. The second-order valence-corrected chi connectivity index (χ2v) is 14.7. The van der Waals surface area contributed by atoms with E-state index in [-0.39, 0.29) is 18.3 Å². The van der Waals surface area contributed by atoms with Crippen molar-refractivity contribution in [3.8, 4) is 5.75 Å². The van der Waals surface area contributed by atoms with E-state index >= 15 is 0 Å². The molecule has 222 valence electrons. The fourth-order valence-electron chi connectivity index (χ4n) is 7.31. The number of carbonyl (C=O) groups excluding carboxylic acids is 1. The Kier molecular flexibility index (Phi) is 7.85. The molecule has 6 rings (SSSR count). The second-order valence-electron chi connectivity index (χ2n) is 12.3. The second kappa shape index (κ2) is 11.3. The molecule has 1 amide bonds. The Morgan fingerprint density at radius 3 is 2.78 bits per heavy atom. The predicted molar refractivity (Wildman–Crippen MR) is 163 cm³/mol. The van der Waals surface area contributed by atoms with E-state index < -0.39 is 27.3 Å². The number of ether oxygens (including phenoxy) is 1. The van der Waals surface area contributed by atoms with Crippen LogP contribution in [0.4, 0.5) is 5.69 Å². The molecule has 0 aromatic heterocycles. The van der Waals surface area contributed by atoms with E-state index in [2.05, 4.69) is 21.8 Å². The average Bonchev–Trinajstić information content (AvgIpc) is 3.07. The van der Waals surface area contributed by atoms with Gasteiger partial charge in [0, 0.05) is 30.5 Å². The zero-order valence-electron chi connectivity index (χ0n) is 23.5. The number of rotatable bonds is 1. The Hall–Kier alpha value is -2.55. The van der Waals surface area contributed by atoms with Gasteiger partial charge in [0.15, 0.2) is 0 Å². The molecule has 2 aliphatic heterocycles. The van der Waals surface area contributed by atoms with Crippen LogP contribution in [0.5, 0.6) is 5.75 Å². The topological polar surface area (TPSA) is 95.9 Å². The number of hydrogen-bond acceptors (Lipinski definition) is 6. The van der Waals surface area contributed by atoms with Gasteiger partial charge < -0.3 is 14.7 Å². The third-order valence-corrected chi connectivity index (χ3v) is 11.9. The summed E-state index contributed by atoms with van der Waals surface area (Å²) in [6.45, 7) is 3.74. The van der Waals surface area contributed by atoms with Crippen LogP contribution in [0.2, 0.25) is 5.02 Å². The number of aryl methyl sites for hydroxylation is 1. The molecule has 1 fully saturated rings. The number of halogens is 1. The number of aliphatic hydroxyl groups is 1. The third-order valence-electron chi connectivity index (χ3n) is 9.80. The van der Waals surface area contributed by atoms with Gasteiger partial charge in [-0.3, -0.25) is 4.79 Å². The molecule has 0 saturated heterocycles. The monoisotopic (exact) mass is 600 g/mol. The SMILES string of the molecule is CC[C@H]1C/C=C/C[C@H](O)[C@@H]2CC[C@H]2CN2C[C@@]3(CCCc4cc(Cl)ccc43)COc3ccc(cc32)C(=O)NS1(=O)=O.[HH]. The van der Waals surface area contributed by atoms with E-state index in [0.717, 1.165) is 49.4 Å². The molecule has 1 spiro atoms. The number of allylic oxidation sites excluding steroid dienone is 1. The number of nitrogens with one attached hydrogen (secondary N) is 1. The minimum Gasteiger partial charge on any atom is -0.490 e. The summed E-state index contributed by atoms with van der Waals surface area (Å²) in [6, 6.07) is 11.4. The highest BCUT2D eigenvalue weighted by molar-refractivity contribution is 7.90. The summed E-state index contributed by atoms with van der Waals surface area (Å²) < 4.78 is 35.1. The Balaban J connectivity index is 0.00000353. The van der Waals surface area contributed by atoms with E-state index in [1.807, 2.05) is 18.2 Å². The summed E-state index contributed by atoms with van der Waals surface area (Å²) in [4.78, 5) is 15.6. The van der Waals surface area contributed by atoms with Gasteiger partial charge in [0.1, 0.15) is 5.75 Å².